The van der Waals surface area contributed by atoms with Gasteiger partial charge in [0.25, 0.3) is 5.91 Å². The molecule has 0 aliphatic rings. The molecule has 0 atom stereocenters. The van der Waals surface area contributed by atoms with Gasteiger partial charge in [-0.15, -0.1) is 0 Å². The molecule has 0 saturated heterocycles. The number of carbonyl (C=O) groups is 1. The van der Waals surface area contributed by atoms with Crippen molar-refractivity contribution in [1.29, 1.82) is 0 Å². The van der Waals surface area contributed by atoms with Crippen molar-refractivity contribution in [3.05, 3.63) is 89.7 Å². The molecule has 0 N–H and O–H groups in total. The highest BCUT2D eigenvalue weighted by Crippen LogP contribution is 2.17. The predicted octanol–water partition coefficient (Wildman–Crippen LogP) is 5.00. The van der Waals surface area contributed by atoms with Crippen molar-refractivity contribution >= 4 is 5.91 Å². The second-order valence-electron chi connectivity index (χ2n) is 7.56. The van der Waals surface area contributed by atoms with E-state index in [0.717, 1.165) is 30.8 Å². The lowest BCUT2D eigenvalue weighted by Gasteiger charge is -2.23. The molecule has 5 heteroatoms. The summed E-state index contributed by atoms with van der Waals surface area (Å²) < 4.78 is 13.2. The number of amides is 1. The van der Waals surface area contributed by atoms with E-state index < -0.39 is 0 Å². The van der Waals surface area contributed by atoms with Gasteiger partial charge >= 0.3 is 0 Å². The van der Waals surface area contributed by atoms with Crippen molar-refractivity contribution in [3.63, 3.8) is 0 Å². The zero-order chi connectivity index (χ0) is 21.9. The van der Waals surface area contributed by atoms with Gasteiger partial charge in [-0.25, -0.2) is 0 Å². The second-order valence-corrected chi connectivity index (χ2v) is 7.56. The number of ether oxygens (including phenoxy) is 2. The van der Waals surface area contributed by atoms with Crippen LogP contribution in [0.15, 0.2) is 72.9 Å². The van der Waals surface area contributed by atoms with Gasteiger partial charge in [0.05, 0.1) is 19.8 Å². The molecule has 0 aliphatic carbocycles. The van der Waals surface area contributed by atoms with Gasteiger partial charge in [0.2, 0.25) is 0 Å². The molecule has 1 heterocycles. The van der Waals surface area contributed by atoms with Crippen LogP contribution in [-0.4, -0.2) is 42.2 Å². The molecular weight excluding hydrogens is 388 g/mol. The highest BCUT2D eigenvalue weighted by atomic mass is 16.5. The number of hydrogen-bond donors (Lipinski definition) is 0. The van der Waals surface area contributed by atoms with E-state index in [1.807, 2.05) is 53.4 Å². The lowest BCUT2D eigenvalue weighted by Crippen LogP contribution is -2.34. The quantitative estimate of drug-likeness (QED) is 0.387. The number of hydrogen-bond acceptors (Lipinski definition) is 3. The Balaban J connectivity index is 1.70. The average Bonchev–Trinajstić information content (AvgIpc) is 3.24. The lowest BCUT2D eigenvalue weighted by atomic mass is 10.2. The van der Waals surface area contributed by atoms with Gasteiger partial charge in [-0.2, -0.15) is 0 Å². The van der Waals surface area contributed by atoms with Crippen LogP contribution >= 0.6 is 0 Å². The number of methoxy groups -OCH3 is 1. The molecule has 0 fully saturated rings. The SMILES string of the molecule is CCCCOc1ccc(C(=O)N(CCOC)Cc2cccn2Cc2ccccc2)cc1. The van der Waals surface area contributed by atoms with Crippen LogP contribution in [0.4, 0.5) is 0 Å². The van der Waals surface area contributed by atoms with E-state index in [-0.39, 0.29) is 5.91 Å². The number of nitrogens with zero attached hydrogens (tertiary/aromatic N) is 2. The Morgan fingerprint density at radius 2 is 1.74 bits per heavy atom. The smallest absolute Gasteiger partial charge is 0.254 e. The van der Waals surface area contributed by atoms with Gasteiger partial charge < -0.3 is 18.9 Å². The number of rotatable bonds is 12. The van der Waals surface area contributed by atoms with Crippen molar-refractivity contribution < 1.29 is 14.3 Å². The minimum atomic E-state index is -0.00961. The molecule has 0 radical (unpaired) electrons. The third kappa shape index (κ3) is 6.72. The minimum Gasteiger partial charge on any atom is -0.494 e. The molecule has 3 aromatic rings. The van der Waals surface area contributed by atoms with Gasteiger partial charge in [0.1, 0.15) is 5.75 Å². The molecule has 1 amide bonds. The van der Waals surface area contributed by atoms with Crippen LogP contribution in [0.2, 0.25) is 0 Å². The fraction of sp³-hybridized carbons (Fsp3) is 0.346. The molecule has 0 saturated carbocycles. The number of aromatic nitrogens is 1. The maximum Gasteiger partial charge on any atom is 0.254 e. The molecule has 31 heavy (non-hydrogen) atoms. The summed E-state index contributed by atoms with van der Waals surface area (Å²) in [7, 11) is 1.66. The summed E-state index contributed by atoms with van der Waals surface area (Å²) in [4.78, 5) is 15.1. The molecule has 0 spiro atoms. The van der Waals surface area contributed by atoms with Gasteiger partial charge in [0, 0.05) is 37.7 Å². The first-order valence-electron chi connectivity index (χ1n) is 10.9. The van der Waals surface area contributed by atoms with Crippen LogP contribution in [0.5, 0.6) is 5.75 Å². The van der Waals surface area contributed by atoms with E-state index in [9.17, 15) is 4.79 Å². The number of unbranched alkanes of at least 4 members (excludes halogenated alkanes) is 1. The first-order valence-corrected chi connectivity index (χ1v) is 10.9. The molecule has 0 aliphatic heterocycles. The summed E-state index contributed by atoms with van der Waals surface area (Å²) in [5, 5.41) is 0. The molecule has 3 rings (SSSR count). The molecule has 164 valence electrons. The van der Waals surface area contributed by atoms with Crippen LogP contribution in [0.1, 0.15) is 41.4 Å². The Morgan fingerprint density at radius 3 is 2.45 bits per heavy atom. The van der Waals surface area contributed by atoms with Crippen molar-refractivity contribution in [2.75, 3.05) is 26.9 Å². The maximum absolute atomic E-state index is 13.2. The fourth-order valence-electron chi connectivity index (χ4n) is 3.39. The van der Waals surface area contributed by atoms with Gasteiger partial charge in [-0.3, -0.25) is 4.79 Å². The Bertz CT molecular complexity index is 919. The molecule has 5 nitrogen and oxygen atoms in total. The van der Waals surface area contributed by atoms with Crippen LogP contribution in [-0.2, 0) is 17.8 Å². The van der Waals surface area contributed by atoms with E-state index >= 15 is 0 Å². The van der Waals surface area contributed by atoms with Crippen molar-refractivity contribution in [3.8, 4) is 5.75 Å². The van der Waals surface area contributed by atoms with Gasteiger partial charge in [-0.05, 0) is 48.4 Å². The summed E-state index contributed by atoms with van der Waals surface area (Å²) in [5.41, 5.74) is 2.97. The number of benzene rings is 2. The highest BCUT2D eigenvalue weighted by Gasteiger charge is 2.18. The van der Waals surface area contributed by atoms with E-state index in [1.54, 1.807) is 7.11 Å². The summed E-state index contributed by atoms with van der Waals surface area (Å²) >= 11 is 0. The second kappa shape index (κ2) is 12.0. The number of carbonyl (C=O) groups excluding carboxylic acids is 1. The summed E-state index contributed by atoms with van der Waals surface area (Å²) in [6, 6.07) is 21.9. The molecule has 2 aromatic carbocycles. The zero-order valence-electron chi connectivity index (χ0n) is 18.5. The van der Waals surface area contributed by atoms with Crippen LogP contribution in [0, 0.1) is 0 Å². The topological polar surface area (TPSA) is 43.7 Å². The molecule has 0 bridgehead atoms. The highest BCUT2D eigenvalue weighted by molar-refractivity contribution is 5.94. The fourth-order valence-corrected chi connectivity index (χ4v) is 3.39. The van der Waals surface area contributed by atoms with Crippen molar-refractivity contribution in [1.82, 2.24) is 9.47 Å². The van der Waals surface area contributed by atoms with Crippen LogP contribution in [0.3, 0.4) is 0 Å². The first kappa shape index (κ1) is 22.6. The Labute approximate surface area is 185 Å². The Morgan fingerprint density at radius 1 is 0.968 bits per heavy atom. The maximum atomic E-state index is 13.2. The standard InChI is InChI=1S/C26H32N2O3/c1-3-4-18-31-25-14-12-23(13-15-25)26(29)28(17-19-30-2)21-24-11-8-16-27(24)20-22-9-6-5-7-10-22/h5-16H,3-4,17-21H2,1-2H3. The third-order valence-electron chi connectivity index (χ3n) is 5.19. The van der Waals surface area contributed by atoms with E-state index in [2.05, 4.69) is 35.9 Å². The monoisotopic (exact) mass is 420 g/mol. The lowest BCUT2D eigenvalue weighted by molar-refractivity contribution is 0.0676. The van der Waals surface area contributed by atoms with Crippen molar-refractivity contribution in [2.24, 2.45) is 0 Å². The first-order chi connectivity index (χ1) is 15.2. The van der Waals surface area contributed by atoms with Gasteiger partial charge in [-0.1, -0.05) is 43.7 Å². The molecule has 0 unspecified atom stereocenters. The summed E-state index contributed by atoms with van der Waals surface area (Å²) in [5.74, 6) is 0.787. The minimum absolute atomic E-state index is 0.00961. The van der Waals surface area contributed by atoms with Crippen LogP contribution in [0.25, 0.3) is 0 Å². The van der Waals surface area contributed by atoms with Crippen LogP contribution < -0.4 is 4.74 Å². The molecular formula is C26H32N2O3. The van der Waals surface area contributed by atoms with E-state index in [4.69, 9.17) is 9.47 Å². The van der Waals surface area contributed by atoms with Crippen molar-refractivity contribution in [2.45, 2.75) is 32.9 Å². The Hall–Kier alpha value is -3.05. The zero-order valence-corrected chi connectivity index (χ0v) is 18.5. The predicted molar refractivity (Wildman–Crippen MR) is 123 cm³/mol. The van der Waals surface area contributed by atoms with E-state index in [1.165, 1.54) is 5.56 Å². The van der Waals surface area contributed by atoms with Gasteiger partial charge in [0.15, 0.2) is 0 Å². The summed E-state index contributed by atoms with van der Waals surface area (Å²) in [6.07, 6.45) is 4.18. The largest absolute Gasteiger partial charge is 0.494 e. The van der Waals surface area contributed by atoms with E-state index in [0.29, 0.717) is 31.9 Å². The summed E-state index contributed by atoms with van der Waals surface area (Å²) in [6.45, 7) is 5.15. The Kier molecular flexibility index (Phi) is 8.73. The third-order valence-corrected chi connectivity index (χ3v) is 5.19. The normalized spacial score (nSPS) is 10.8. The average molecular weight is 421 g/mol. The molecule has 1 aromatic heterocycles.